The molecule has 0 aromatic heterocycles. The second kappa shape index (κ2) is 3.64. The highest BCUT2D eigenvalue weighted by Crippen LogP contribution is 2.15. The Morgan fingerprint density at radius 2 is 2.18 bits per heavy atom. The van der Waals surface area contributed by atoms with Crippen LogP contribution in [0.25, 0.3) is 0 Å². The minimum Gasteiger partial charge on any atom is -0.248 e. The Kier molecular flexibility index (Phi) is 3.03. The Morgan fingerprint density at radius 3 is 2.64 bits per heavy atom. The van der Waals surface area contributed by atoms with Gasteiger partial charge in [0.05, 0.1) is 4.90 Å². The van der Waals surface area contributed by atoms with E-state index in [0.717, 1.165) is 9.13 Å². The van der Waals surface area contributed by atoms with Gasteiger partial charge < -0.3 is 0 Å². The first-order valence-corrected chi connectivity index (χ1v) is 5.33. The van der Waals surface area contributed by atoms with Crippen LogP contribution in [0.1, 0.15) is 5.56 Å². The van der Waals surface area contributed by atoms with Gasteiger partial charge in [-0.05, 0) is 47.2 Å². The molecule has 0 bridgehead atoms. The highest BCUT2D eigenvalue weighted by molar-refractivity contribution is 14.1. The lowest BCUT2D eigenvalue weighted by Crippen LogP contribution is -2.04. The quantitative estimate of drug-likeness (QED) is 0.780. The molecule has 0 aliphatic heterocycles. The molecule has 0 fully saturated rings. The fourth-order valence-electron chi connectivity index (χ4n) is 0.769. The zero-order valence-electron chi connectivity index (χ0n) is 6.00. The number of benzene rings is 1. The first-order chi connectivity index (χ1) is 5.11. The normalized spacial score (nSPS) is 13.0. The van der Waals surface area contributed by atoms with Gasteiger partial charge in [-0.2, -0.15) is 0 Å². The van der Waals surface area contributed by atoms with Crippen molar-refractivity contribution in [2.45, 2.75) is 11.8 Å². The molecule has 60 valence electrons. The van der Waals surface area contributed by atoms with Gasteiger partial charge in [-0.3, -0.25) is 0 Å². The number of hydrogen-bond donors (Lipinski definition) is 1. The maximum atomic E-state index is 10.9. The van der Waals surface area contributed by atoms with Crippen LogP contribution in [0.5, 0.6) is 0 Å². The molecule has 0 spiro atoms. The molecule has 1 atom stereocenters. The van der Waals surface area contributed by atoms with Crippen LogP contribution >= 0.6 is 22.6 Å². The molecule has 1 aromatic carbocycles. The number of hydrogen-bond acceptors (Lipinski definition) is 1. The van der Waals surface area contributed by atoms with Crippen LogP contribution in [0.3, 0.4) is 0 Å². The molecule has 0 saturated heterocycles. The lowest BCUT2D eigenvalue weighted by atomic mass is 10.2. The molecule has 0 aliphatic carbocycles. The summed E-state index contributed by atoms with van der Waals surface area (Å²) in [5.41, 5.74) is 1.16. The van der Waals surface area contributed by atoms with Crippen molar-refractivity contribution in [3.05, 3.63) is 27.3 Å². The predicted octanol–water partition coefficient (Wildman–Crippen LogP) is 1.58. The molecule has 0 heterocycles. The number of nitrogens with two attached hydrogens (primary N) is 1. The van der Waals surface area contributed by atoms with E-state index in [1.54, 1.807) is 6.07 Å². The molecule has 1 aromatic rings. The zero-order valence-corrected chi connectivity index (χ0v) is 8.98. The Bertz CT molecular complexity index is 300. The molecule has 2 N–H and O–H groups in total. The Labute approximate surface area is 81.9 Å². The average molecular weight is 281 g/mol. The van der Waals surface area contributed by atoms with Gasteiger partial charge in [-0.15, -0.1) is 0 Å². The van der Waals surface area contributed by atoms with Crippen molar-refractivity contribution < 1.29 is 4.21 Å². The fraction of sp³-hybridized carbons (Fsp3) is 0.143. The summed E-state index contributed by atoms with van der Waals surface area (Å²) in [6.45, 7) is 1.99. The van der Waals surface area contributed by atoms with Crippen molar-refractivity contribution in [3.63, 3.8) is 0 Å². The van der Waals surface area contributed by atoms with Gasteiger partial charge in [0.2, 0.25) is 0 Å². The van der Waals surface area contributed by atoms with Gasteiger partial charge >= 0.3 is 0 Å². The summed E-state index contributed by atoms with van der Waals surface area (Å²) in [6.07, 6.45) is 0. The highest BCUT2D eigenvalue weighted by atomic mass is 127. The molecule has 1 unspecified atom stereocenters. The summed E-state index contributed by atoms with van der Waals surface area (Å²) in [4.78, 5) is 0.705. The molecule has 0 aliphatic rings. The van der Waals surface area contributed by atoms with E-state index in [-0.39, 0.29) is 0 Å². The maximum absolute atomic E-state index is 10.9. The van der Waals surface area contributed by atoms with E-state index in [1.165, 1.54) is 0 Å². The Hall–Kier alpha value is 0.0600. The van der Waals surface area contributed by atoms with Crippen LogP contribution in [0.4, 0.5) is 0 Å². The summed E-state index contributed by atoms with van der Waals surface area (Å²) in [5.74, 6) is 0. The van der Waals surface area contributed by atoms with E-state index in [1.807, 2.05) is 19.1 Å². The number of rotatable bonds is 1. The molecule has 2 nitrogen and oxygen atoms in total. The lowest BCUT2D eigenvalue weighted by molar-refractivity contribution is 0.684. The summed E-state index contributed by atoms with van der Waals surface area (Å²) < 4.78 is 11.8. The van der Waals surface area contributed by atoms with Crippen molar-refractivity contribution in [1.29, 1.82) is 0 Å². The minimum atomic E-state index is -1.36. The highest BCUT2D eigenvalue weighted by Gasteiger charge is 2.02. The standard InChI is InChI=1S/C7H8INOS/c1-5-2-3-7(11(9)10)6(8)4-5/h2-4H,9H2,1H3. The molecule has 0 saturated carbocycles. The summed E-state index contributed by atoms with van der Waals surface area (Å²) >= 11 is 2.13. The number of halogens is 1. The summed E-state index contributed by atoms with van der Waals surface area (Å²) in [6, 6.07) is 5.66. The first kappa shape index (κ1) is 9.15. The molecule has 0 radical (unpaired) electrons. The fourth-order valence-corrected chi connectivity index (χ4v) is 2.54. The topological polar surface area (TPSA) is 43.1 Å². The molecule has 4 heteroatoms. The zero-order chi connectivity index (χ0) is 8.43. The lowest BCUT2D eigenvalue weighted by Gasteiger charge is -2.00. The van der Waals surface area contributed by atoms with Crippen LogP contribution in [-0.4, -0.2) is 4.21 Å². The van der Waals surface area contributed by atoms with Gasteiger partial charge in [0.15, 0.2) is 0 Å². The minimum absolute atomic E-state index is 0.705. The first-order valence-electron chi connectivity index (χ1n) is 3.03. The monoisotopic (exact) mass is 281 g/mol. The third-order valence-electron chi connectivity index (χ3n) is 1.30. The van der Waals surface area contributed by atoms with Crippen molar-refractivity contribution >= 4 is 33.6 Å². The van der Waals surface area contributed by atoms with E-state index >= 15 is 0 Å². The average Bonchev–Trinajstić information content (AvgIpc) is 1.85. The van der Waals surface area contributed by atoms with Crippen LogP contribution in [0.2, 0.25) is 0 Å². The van der Waals surface area contributed by atoms with Gasteiger partial charge in [0.25, 0.3) is 0 Å². The van der Waals surface area contributed by atoms with E-state index < -0.39 is 11.0 Å². The maximum Gasteiger partial charge on any atom is 0.123 e. The number of aryl methyl sites for hydroxylation is 1. The van der Waals surface area contributed by atoms with Crippen molar-refractivity contribution in [3.8, 4) is 0 Å². The van der Waals surface area contributed by atoms with Gasteiger partial charge in [0, 0.05) is 3.57 Å². The summed E-state index contributed by atoms with van der Waals surface area (Å²) in [7, 11) is -1.36. The third-order valence-corrected chi connectivity index (χ3v) is 3.35. The van der Waals surface area contributed by atoms with E-state index in [2.05, 4.69) is 22.6 Å². The second-order valence-electron chi connectivity index (χ2n) is 2.23. The van der Waals surface area contributed by atoms with Gasteiger partial charge in [-0.25, -0.2) is 9.35 Å². The SMILES string of the molecule is Cc1ccc(S(N)=O)c(I)c1. The Balaban J connectivity index is 3.20. The van der Waals surface area contributed by atoms with Crippen molar-refractivity contribution in [2.24, 2.45) is 5.14 Å². The summed E-state index contributed by atoms with van der Waals surface area (Å²) in [5, 5.41) is 5.23. The second-order valence-corrected chi connectivity index (χ2v) is 4.43. The van der Waals surface area contributed by atoms with Gasteiger partial charge in [0.1, 0.15) is 11.0 Å². The van der Waals surface area contributed by atoms with E-state index in [0.29, 0.717) is 4.90 Å². The van der Waals surface area contributed by atoms with Crippen LogP contribution in [0.15, 0.2) is 23.1 Å². The van der Waals surface area contributed by atoms with E-state index in [9.17, 15) is 4.21 Å². The Morgan fingerprint density at radius 1 is 1.55 bits per heavy atom. The van der Waals surface area contributed by atoms with Crippen LogP contribution in [0, 0.1) is 10.5 Å². The largest absolute Gasteiger partial charge is 0.248 e. The molecule has 1 rings (SSSR count). The molecular weight excluding hydrogens is 273 g/mol. The van der Waals surface area contributed by atoms with Crippen molar-refractivity contribution in [2.75, 3.05) is 0 Å². The predicted molar refractivity (Wildman–Crippen MR) is 54.5 cm³/mol. The van der Waals surface area contributed by atoms with Gasteiger partial charge in [-0.1, -0.05) is 6.07 Å². The third kappa shape index (κ3) is 2.25. The van der Waals surface area contributed by atoms with Crippen molar-refractivity contribution in [1.82, 2.24) is 0 Å². The molecule has 0 amide bonds. The molecule has 11 heavy (non-hydrogen) atoms. The smallest absolute Gasteiger partial charge is 0.123 e. The van der Waals surface area contributed by atoms with Crippen LogP contribution in [-0.2, 0) is 11.0 Å². The van der Waals surface area contributed by atoms with Crippen LogP contribution < -0.4 is 5.14 Å². The van der Waals surface area contributed by atoms with E-state index in [4.69, 9.17) is 5.14 Å². The molecular formula is C7H8INOS.